The number of aryl methyl sites for hydroxylation is 2. The Morgan fingerprint density at radius 2 is 0.800 bits per heavy atom. The van der Waals surface area contributed by atoms with E-state index in [9.17, 15) is 0 Å². The normalized spacial score (nSPS) is 10.2. The molecule has 2 rings (SSSR count). The summed E-state index contributed by atoms with van der Waals surface area (Å²) in [6.07, 6.45) is 7.19. The molecule has 0 saturated heterocycles. The standard InChI is InChI=1S/2C10H19BN.Ba/c2*1-4-7-8(5-2)10(11)12-9(7)6-3;/h2*12H,4-6H2,1-3,11H3;/q2*-1;+2. The van der Waals surface area contributed by atoms with E-state index in [0.29, 0.717) is 15.7 Å². The van der Waals surface area contributed by atoms with Gasteiger partial charge in [-0.25, -0.2) is 0 Å². The third-order valence-corrected chi connectivity index (χ3v) is 4.31. The number of aromatic nitrogens is 2. The van der Waals surface area contributed by atoms with Crippen molar-refractivity contribution in [2.75, 3.05) is 0 Å². The molecule has 2 nitrogen and oxygen atoms in total. The molecule has 136 valence electrons. The SMILES string of the molecule is [BH3-]c1[nH]c(CC)c(CC)c1CC.[BH3-]c1[nH]c(CC)c(CC)c1CC.[Ba+2]. The number of aromatic amines is 2. The molecule has 0 fully saturated rings. The maximum atomic E-state index is 3.58. The first-order chi connectivity index (χ1) is 11.5. The Morgan fingerprint density at radius 1 is 0.520 bits per heavy atom. The Labute approximate surface area is 197 Å². The van der Waals surface area contributed by atoms with E-state index in [0.717, 1.165) is 0 Å². The van der Waals surface area contributed by atoms with Crippen molar-refractivity contribution in [3.63, 3.8) is 0 Å². The van der Waals surface area contributed by atoms with Gasteiger partial charge in [-0.1, -0.05) is 52.7 Å². The summed E-state index contributed by atoms with van der Waals surface area (Å²) in [4.78, 5) is 7.15. The number of hydrogen-bond donors (Lipinski definition) is 2. The second-order valence-corrected chi connectivity index (χ2v) is 5.49. The van der Waals surface area contributed by atoms with Gasteiger partial charge in [0, 0.05) is 11.4 Å². The van der Waals surface area contributed by atoms with Gasteiger partial charge in [0.25, 0.3) is 0 Å². The molecule has 2 aromatic rings. The predicted molar refractivity (Wildman–Crippen MR) is 123 cm³/mol. The van der Waals surface area contributed by atoms with Crippen LogP contribution in [0.25, 0.3) is 0 Å². The number of nitrogens with one attached hydrogen (secondary N) is 2. The molecule has 2 aromatic heterocycles. The van der Waals surface area contributed by atoms with E-state index in [1.807, 2.05) is 0 Å². The number of hydrogen-bond acceptors (Lipinski definition) is 0. The van der Waals surface area contributed by atoms with Crippen LogP contribution < -0.4 is 11.2 Å². The van der Waals surface area contributed by atoms with Crippen LogP contribution in [0.1, 0.15) is 75.2 Å². The fourth-order valence-corrected chi connectivity index (χ4v) is 3.03. The van der Waals surface area contributed by atoms with Gasteiger partial charge in [-0.3, -0.25) is 0 Å². The first-order valence-corrected chi connectivity index (χ1v) is 8.86. The zero-order valence-corrected chi connectivity index (χ0v) is 20.4. The summed E-state index contributed by atoms with van der Waals surface area (Å²) in [5.41, 5.74) is 12.8. The van der Waals surface area contributed by atoms with Gasteiger partial charge in [-0.2, -0.15) is 11.2 Å². The molecule has 0 aliphatic rings. The smallest absolute Gasteiger partial charge is 0.401 e. The molecule has 0 bridgehead atoms. The first kappa shape index (κ1) is 25.3. The molecular weight excluding hydrogens is 427 g/mol. The average molecular weight is 465 g/mol. The van der Waals surface area contributed by atoms with Crippen molar-refractivity contribution >= 4 is 75.8 Å². The van der Waals surface area contributed by atoms with E-state index >= 15 is 0 Å². The number of H-pyrrole nitrogens is 2. The van der Waals surface area contributed by atoms with Crippen molar-refractivity contribution in [1.82, 2.24) is 9.97 Å². The summed E-state index contributed by atoms with van der Waals surface area (Å²) >= 11 is 0. The van der Waals surface area contributed by atoms with E-state index < -0.39 is 0 Å². The summed E-state index contributed by atoms with van der Waals surface area (Å²) < 4.78 is 0. The van der Waals surface area contributed by atoms with E-state index in [4.69, 9.17) is 0 Å². The Bertz CT molecular complexity index is 588. The topological polar surface area (TPSA) is 31.6 Å². The van der Waals surface area contributed by atoms with Crippen LogP contribution >= 0.6 is 0 Å². The minimum Gasteiger partial charge on any atom is -0.401 e. The fraction of sp³-hybridized carbons (Fsp3) is 0.600. The maximum Gasteiger partial charge on any atom is 2.00 e. The van der Waals surface area contributed by atoms with Crippen LogP contribution in [-0.4, -0.2) is 74.5 Å². The quantitative estimate of drug-likeness (QED) is 0.597. The number of rotatable bonds is 6. The molecule has 0 aliphatic carbocycles. The molecule has 0 saturated carbocycles. The largest absolute Gasteiger partial charge is 2.00 e. The van der Waals surface area contributed by atoms with E-state index in [1.165, 1.54) is 49.9 Å². The monoisotopic (exact) mass is 466 g/mol. The van der Waals surface area contributed by atoms with Crippen molar-refractivity contribution in [2.24, 2.45) is 0 Å². The third kappa shape index (κ3) is 6.14. The second-order valence-electron chi connectivity index (χ2n) is 5.49. The Hall–Kier alpha value is 0.261. The summed E-state index contributed by atoms with van der Waals surface area (Å²) in [6, 6.07) is 0. The Kier molecular flexibility index (Phi) is 12.7. The van der Waals surface area contributed by atoms with Crippen LogP contribution in [-0.2, 0) is 38.5 Å². The van der Waals surface area contributed by atoms with Crippen molar-refractivity contribution in [2.45, 2.75) is 80.1 Å². The molecule has 2 N–H and O–H groups in total. The van der Waals surface area contributed by atoms with Gasteiger partial charge in [0.2, 0.25) is 0 Å². The van der Waals surface area contributed by atoms with E-state index in [1.54, 1.807) is 33.4 Å². The second kappa shape index (κ2) is 12.6. The van der Waals surface area contributed by atoms with Crippen LogP contribution in [0.15, 0.2) is 0 Å². The van der Waals surface area contributed by atoms with Crippen LogP contribution in [0, 0.1) is 0 Å². The van der Waals surface area contributed by atoms with Crippen molar-refractivity contribution < 1.29 is 0 Å². The Morgan fingerprint density at radius 3 is 1.00 bits per heavy atom. The van der Waals surface area contributed by atoms with Gasteiger partial charge in [0.15, 0.2) is 0 Å². The molecule has 2 heterocycles. The molecule has 0 radical (unpaired) electrons. The minimum absolute atomic E-state index is 0. The molecular formula is C20H38B2BaN2. The summed E-state index contributed by atoms with van der Waals surface area (Å²) in [5, 5.41) is 0. The van der Waals surface area contributed by atoms with Crippen molar-refractivity contribution in [3.05, 3.63) is 33.6 Å². The molecule has 0 atom stereocenters. The van der Waals surface area contributed by atoms with Gasteiger partial charge < -0.3 is 9.97 Å². The fourth-order valence-electron chi connectivity index (χ4n) is 3.03. The first-order valence-electron chi connectivity index (χ1n) is 8.86. The molecule has 0 amide bonds. The summed E-state index contributed by atoms with van der Waals surface area (Å²) in [6.45, 7) is 13.6. The molecule has 0 spiro atoms. The maximum absolute atomic E-state index is 3.58. The van der Waals surface area contributed by atoms with Crippen LogP contribution in [0.2, 0.25) is 0 Å². The van der Waals surface area contributed by atoms with Crippen LogP contribution in [0.4, 0.5) is 0 Å². The predicted octanol–water partition coefficient (Wildman–Crippen LogP) is 1.00. The molecule has 0 unspecified atom stereocenters. The zero-order valence-electron chi connectivity index (χ0n) is 15.9. The van der Waals surface area contributed by atoms with Crippen molar-refractivity contribution in [1.29, 1.82) is 0 Å². The van der Waals surface area contributed by atoms with Gasteiger partial charge in [-0.05, 0) is 65.3 Å². The molecule has 25 heavy (non-hydrogen) atoms. The van der Waals surface area contributed by atoms with E-state index in [2.05, 4.69) is 51.5 Å². The summed E-state index contributed by atoms with van der Waals surface area (Å²) in [7, 11) is 0.685. The average Bonchev–Trinajstić information content (AvgIpc) is 3.09. The third-order valence-electron chi connectivity index (χ3n) is 4.31. The van der Waals surface area contributed by atoms with Crippen molar-refractivity contribution in [3.8, 4) is 0 Å². The van der Waals surface area contributed by atoms with Crippen LogP contribution in [0.5, 0.6) is 0 Å². The minimum atomic E-state index is 0. The van der Waals surface area contributed by atoms with Gasteiger partial charge >= 0.3 is 48.9 Å². The molecule has 0 aliphatic heterocycles. The van der Waals surface area contributed by atoms with Gasteiger partial charge in [0.05, 0.1) is 0 Å². The van der Waals surface area contributed by atoms with E-state index in [-0.39, 0.29) is 48.9 Å². The molecule has 0 aromatic carbocycles. The van der Waals surface area contributed by atoms with Gasteiger partial charge in [0.1, 0.15) is 0 Å². The molecule has 5 heteroatoms. The zero-order chi connectivity index (χ0) is 18.3. The summed E-state index contributed by atoms with van der Waals surface area (Å²) in [5.74, 6) is 0. The van der Waals surface area contributed by atoms with Crippen LogP contribution in [0.3, 0.4) is 0 Å². The van der Waals surface area contributed by atoms with Gasteiger partial charge in [-0.15, -0.1) is 0 Å². The Balaban J connectivity index is 0.000000443.